The molecule has 28 heavy (non-hydrogen) atoms. The Kier molecular flexibility index (Phi) is 3.41. The molecule has 4 fully saturated rings. The highest BCUT2D eigenvalue weighted by Gasteiger charge is 2.65. The van der Waals surface area contributed by atoms with Gasteiger partial charge in [-0.3, -0.25) is 20.3 Å². The second-order valence-corrected chi connectivity index (χ2v) is 9.42. The first kappa shape index (κ1) is 16.8. The molecule has 0 radical (unpaired) electrons. The van der Waals surface area contributed by atoms with Gasteiger partial charge in [-0.1, -0.05) is 54.8 Å². The number of carbonyl (C=O) groups is 2. The maximum atomic E-state index is 13.7. The van der Waals surface area contributed by atoms with E-state index >= 15 is 0 Å². The number of allylic oxidation sites excluding steroid dienone is 1. The minimum atomic E-state index is -0.636. The summed E-state index contributed by atoms with van der Waals surface area (Å²) in [4.78, 5) is 26.7. The fraction of sp³-hybridized carbons (Fsp3) is 0.565. The summed E-state index contributed by atoms with van der Waals surface area (Å²) in [5.74, 6) is 0.866. The maximum absolute atomic E-state index is 13.7. The van der Waals surface area contributed by atoms with Crippen LogP contribution in [-0.2, 0) is 15.3 Å². The molecule has 0 unspecified atom stereocenters. The lowest BCUT2D eigenvalue weighted by molar-refractivity contribution is -0.192. The monoisotopic (exact) mass is 377 g/mol. The molecule has 5 nitrogen and oxygen atoms in total. The Hall–Kier alpha value is -2.14. The van der Waals surface area contributed by atoms with Crippen LogP contribution < -0.4 is 10.7 Å². The quantitative estimate of drug-likeness (QED) is 0.740. The highest BCUT2D eigenvalue weighted by atomic mass is 16.2. The number of hydrogen-bond donors (Lipinski definition) is 2. The number of rotatable bonds is 1. The van der Waals surface area contributed by atoms with E-state index < -0.39 is 5.66 Å². The van der Waals surface area contributed by atoms with Crippen LogP contribution in [0, 0.1) is 36.5 Å². The minimum Gasteiger partial charge on any atom is -0.285 e. The summed E-state index contributed by atoms with van der Waals surface area (Å²) >= 11 is 0. The number of hydrazine groups is 1. The van der Waals surface area contributed by atoms with Gasteiger partial charge in [0.05, 0.1) is 5.92 Å². The van der Waals surface area contributed by atoms with Crippen molar-refractivity contribution in [1.82, 2.24) is 15.8 Å². The van der Waals surface area contributed by atoms with Gasteiger partial charge in [-0.05, 0) is 43.6 Å². The summed E-state index contributed by atoms with van der Waals surface area (Å²) in [5, 5.41) is 5.70. The minimum absolute atomic E-state index is 0.0275. The van der Waals surface area contributed by atoms with Gasteiger partial charge in [0.25, 0.3) is 0 Å². The summed E-state index contributed by atoms with van der Waals surface area (Å²) in [6.45, 7) is 2.08. The predicted molar refractivity (Wildman–Crippen MR) is 104 cm³/mol. The molecule has 1 aromatic carbocycles. The van der Waals surface area contributed by atoms with Crippen LogP contribution >= 0.6 is 0 Å². The standard InChI is InChI=1S/C23H27N3O2/c1-13-6-10-16(11-7-13)23-18-5-3-2-4-17(18)21(27)25-26(23)22(28)19-14-8-9-15(12-14)20(19)24-23/h6-11,14-15,17-20,24H,2-5,12H2,1H3,(H,25,27)/t14-,15+,17-,18-,19-,20+,23+/m0/s1. The van der Waals surface area contributed by atoms with Crippen molar-refractivity contribution in [2.24, 2.45) is 29.6 Å². The molecule has 2 heterocycles. The molecule has 0 aromatic heterocycles. The lowest BCUT2D eigenvalue weighted by Crippen LogP contribution is -2.80. The van der Waals surface area contributed by atoms with Crippen molar-refractivity contribution >= 4 is 11.8 Å². The van der Waals surface area contributed by atoms with Gasteiger partial charge in [0.2, 0.25) is 11.8 Å². The van der Waals surface area contributed by atoms with Gasteiger partial charge in [0, 0.05) is 17.9 Å². The molecule has 2 bridgehead atoms. The number of fused-ring (bicyclic) bond motifs is 8. The average molecular weight is 377 g/mol. The van der Waals surface area contributed by atoms with E-state index in [-0.39, 0.29) is 35.6 Å². The van der Waals surface area contributed by atoms with Crippen LogP contribution in [0.15, 0.2) is 36.4 Å². The lowest BCUT2D eigenvalue weighted by atomic mass is 9.65. The molecule has 2 saturated heterocycles. The van der Waals surface area contributed by atoms with Gasteiger partial charge >= 0.3 is 0 Å². The van der Waals surface area contributed by atoms with Crippen LogP contribution in [0.25, 0.3) is 0 Å². The highest BCUT2D eigenvalue weighted by Crippen LogP contribution is 2.54. The molecule has 2 saturated carbocycles. The van der Waals surface area contributed by atoms with E-state index in [0.717, 1.165) is 37.7 Å². The third-order valence-electron chi connectivity index (χ3n) is 8.06. The van der Waals surface area contributed by atoms with E-state index in [1.165, 1.54) is 5.56 Å². The number of aryl methyl sites for hydroxylation is 1. The third kappa shape index (κ3) is 2.00. The molecule has 2 N–H and O–H groups in total. The Morgan fingerprint density at radius 2 is 1.79 bits per heavy atom. The van der Waals surface area contributed by atoms with Gasteiger partial charge in [-0.2, -0.15) is 0 Å². The maximum Gasteiger partial charge on any atom is 0.248 e. The van der Waals surface area contributed by atoms with Crippen molar-refractivity contribution in [1.29, 1.82) is 0 Å². The molecule has 5 heteroatoms. The lowest BCUT2D eigenvalue weighted by Gasteiger charge is -2.60. The third-order valence-corrected chi connectivity index (χ3v) is 8.06. The van der Waals surface area contributed by atoms with Crippen molar-refractivity contribution < 1.29 is 9.59 Å². The predicted octanol–water partition coefficient (Wildman–Crippen LogP) is 2.62. The first-order valence-corrected chi connectivity index (χ1v) is 10.8. The van der Waals surface area contributed by atoms with Gasteiger partial charge in [0.1, 0.15) is 5.66 Å². The summed E-state index contributed by atoms with van der Waals surface area (Å²) in [6, 6.07) is 8.70. The Labute approximate surface area is 165 Å². The zero-order valence-corrected chi connectivity index (χ0v) is 16.2. The van der Waals surface area contributed by atoms with Crippen molar-refractivity contribution in [3.63, 3.8) is 0 Å². The van der Waals surface area contributed by atoms with Gasteiger partial charge in [-0.15, -0.1) is 0 Å². The summed E-state index contributed by atoms with van der Waals surface area (Å²) in [6.07, 6.45) is 9.65. The second-order valence-electron chi connectivity index (χ2n) is 9.42. The molecule has 7 atom stereocenters. The average Bonchev–Trinajstić information content (AvgIpc) is 3.32. The zero-order valence-electron chi connectivity index (χ0n) is 16.2. The van der Waals surface area contributed by atoms with E-state index in [0.29, 0.717) is 11.8 Å². The van der Waals surface area contributed by atoms with Crippen molar-refractivity contribution in [3.8, 4) is 0 Å². The first-order chi connectivity index (χ1) is 13.6. The molecule has 2 amide bonds. The number of hydrogen-bond acceptors (Lipinski definition) is 3. The van der Waals surface area contributed by atoms with Crippen LogP contribution in [0.5, 0.6) is 0 Å². The number of carbonyl (C=O) groups excluding carboxylic acids is 2. The Balaban J connectivity index is 1.54. The SMILES string of the molecule is Cc1ccc([C@@]23N[C@H]4[C@@H](C(=O)N2NC(=O)[C@H]2CCCC[C@@H]23)[C@H]2C=C[C@@H]4C2)cc1. The molecule has 5 aliphatic rings. The molecule has 3 aliphatic carbocycles. The Morgan fingerprint density at radius 3 is 2.61 bits per heavy atom. The van der Waals surface area contributed by atoms with Crippen LogP contribution in [0.3, 0.4) is 0 Å². The second kappa shape index (κ2) is 5.69. The highest BCUT2D eigenvalue weighted by molar-refractivity contribution is 5.89. The summed E-state index contributed by atoms with van der Waals surface area (Å²) in [7, 11) is 0. The molecule has 2 aliphatic heterocycles. The van der Waals surface area contributed by atoms with Crippen molar-refractivity contribution in [3.05, 3.63) is 47.5 Å². The molecule has 1 aromatic rings. The Morgan fingerprint density at radius 1 is 1.04 bits per heavy atom. The van der Waals surface area contributed by atoms with E-state index in [2.05, 4.69) is 54.1 Å². The molecular formula is C23H27N3O2. The van der Waals surface area contributed by atoms with Crippen LogP contribution in [0.2, 0.25) is 0 Å². The summed E-state index contributed by atoms with van der Waals surface area (Å²) < 4.78 is 0. The van der Waals surface area contributed by atoms with E-state index in [9.17, 15) is 9.59 Å². The topological polar surface area (TPSA) is 61.4 Å². The van der Waals surface area contributed by atoms with Crippen molar-refractivity contribution in [2.45, 2.75) is 50.7 Å². The Bertz CT molecular complexity index is 878. The normalized spacial score (nSPS) is 43.4. The number of nitrogens with zero attached hydrogens (tertiary/aromatic N) is 1. The largest absolute Gasteiger partial charge is 0.285 e. The van der Waals surface area contributed by atoms with Gasteiger partial charge in [0.15, 0.2) is 0 Å². The molecular weight excluding hydrogens is 350 g/mol. The fourth-order valence-electron chi connectivity index (χ4n) is 6.79. The van der Waals surface area contributed by atoms with E-state index in [1.54, 1.807) is 5.01 Å². The zero-order chi connectivity index (χ0) is 19.0. The molecule has 0 spiro atoms. The van der Waals surface area contributed by atoms with Crippen LogP contribution in [0.1, 0.15) is 43.2 Å². The van der Waals surface area contributed by atoms with Crippen LogP contribution in [0.4, 0.5) is 0 Å². The van der Waals surface area contributed by atoms with Crippen LogP contribution in [-0.4, -0.2) is 22.9 Å². The van der Waals surface area contributed by atoms with E-state index in [4.69, 9.17) is 0 Å². The van der Waals surface area contributed by atoms with Gasteiger partial charge < -0.3 is 0 Å². The van der Waals surface area contributed by atoms with Gasteiger partial charge in [-0.25, -0.2) is 5.01 Å². The number of amides is 2. The first-order valence-electron chi connectivity index (χ1n) is 10.8. The molecule has 6 rings (SSSR count). The smallest absolute Gasteiger partial charge is 0.248 e. The summed E-state index contributed by atoms with van der Waals surface area (Å²) in [5.41, 5.74) is 4.72. The van der Waals surface area contributed by atoms with Crippen molar-refractivity contribution in [2.75, 3.05) is 0 Å². The number of nitrogens with one attached hydrogen (secondary N) is 2. The fourth-order valence-corrected chi connectivity index (χ4v) is 6.79. The van der Waals surface area contributed by atoms with E-state index in [1.807, 2.05) is 0 Å². The molecule has 146 valence electrons. The number of benzene rings is 1.